The van der Waals surface area contributed by atoms with Crippen LogP contribution in [-0.4, -0.2) is 28.9 Å². The minimum Gasteiger partial charge on any atom is -0.474 e. The first-order valence-electron chi connectivity index (χ1n) is 10.4. The number of hydrogen-bond donors (Lipinski definition) is 2. The fourth-order valence-corrected chi connectivity index (χ4v) is 3.99. The van der Waals surface area contributed by atoms with E-state index in [0.29, 0.717) is 18.4 Å². The summed E-state index contributed by atoms with van der Waals surface area (Å²) in [5, 5.41) is 6.45. The van der Waals surface area contributed by atoms with Crippen LogP contribution in [0.1, 0.15) is 40.7 Å². The molecule has 3 aromatic rings. The standard InChI is InChI=1S/C24H24N4O2/c1-14-11-22(28-15-3-10-23(27-12-15)30-16-4-5-16)26-13-19(14)17-6-8-20(25-2)24-18(17)7-9-21(24)29/h3,6,8,10-13,16,25H,4-5,7,9H2,1-2H3,(H,26,28). The average Bonchev–Trinajstić information content (AvgIpc) is 3.49. The fraction of sp³-hybridized carbons (Fsp3) is 0.292. The molecule has 0 spiro atoms. The van der Waals surface area contributed by atoms with Crippen LogP contribution in [0.4, 0.5) is 17.2 Å². The van der Waals surface area contributed by atoms with Gasteiger partial charge >= 0.3 is 0 Å². The molecule has 2 N–H and O–H groups in total. The number of aromatic nitrogens is 2. The molecule has 0 radical (unpaired) electrons. The molecule has 1 saturated carbocycles. The summed E-state index contributed by atoms with van der Waals surface area (Å²) >= 11 is 0. The zero-order chi connectivity index (χ0) is 20.7. The Labute approximate surface area is 175 Å². The van der Waals surface area contributed by atoms with E-state index >= 15 is 0 Å². The molecule has 30 heavy (non-hydrogen) atoms. The number of hydrogen-bond acceptors (Lipinski definition) is 6. The molecule has 6 heteroatoms. The van der Waals surface area contributed by atoms with Crippen LogP contribution in [-0.2, 0) is 6.42 Å². The van der Waals surface area contributed by atoms with Crippen molar-refractivity contribution in [3.63, 3.8) is 0 Å². The first kappa shape index (κ1) is 18.6. The number of carbonyl (C=O) groups is 1. The maximum atomic E-state index is 12.4. The molecule has 2 heterocycles. The topological polar surface area (TPSA) is 76.1 Å². The molecule has 6 nitrogen and oxygen atoms in total. The van der Waals surface area contributed by atoms with Gasteiger partial charge in [0.1, 0.15) is 11.9 Å². The molecule has 0 saturated heterocycles. The van der Waals surface area contributed by atoms with Gasteiger partial charge in [-0.25, -0.2) is 9.97 Å². The predicted molar refractivity (Wildman–Crippen MR) is 118 cm³/mol. The van der Waals surface area contributed by atoms with Gasteiger partial charge in [0.15, 0.2) is 5.78 Å². The van der Waals surface area contributed by atoms with Gasteiger partial charge in [0.25, 0.3) is 0 Å². The van der Waals surface area contributed by atoms with Crippen LogP contribution in [0.3, 0.4) is 0 Å². The number of pyridine rings is 2. The minimum absolute atomic E-state index is 0.210. The van der Waals surface area contributed by atoms with Crippen molar-refractivity contribution < 1.29 is 9.53 Å². The van der Waals surface area contributed by atoms with E-state index in [0.717, 1.165) is 64.3 Å². The minimum atomic E-state index is 0.210. The lowest BCUT2D eigenvalue weighted by atomic mass is 9.94. The third kappa shape index (κ3) is 3.49. The van der Waals surface area contributed by atoms with E-state index in [2.05, 4.69) is 33.6 Å². The van der Waals surface area contributed by atoms with Crippen LogP contribution in [0.2, 0.25) is 0 Å². The molecule has 0 aliphatic heterocycles. The van der Waals surface area contributed by atoms with Crippen molar-refractivity contribution in [2.75, 3.05) is 17.7 Å². The highest BCUT2D eigenvalue weighted by Gasteiger charge is 2.26. The maximum Gasteiger partial charge on any atom is 0.213 e. The summed E-state index contributed by atoms with van der Waals surface area (Å²) in [6.45, 7) is 2.07. The third-order valence-corrected chi connectivity index (χ3v) is 5.68. The maximum absolute atomic E-state index is 12.4. The molecule has 152 valence electrons. The Morgan fingerprint density at radius 2 is 1.90 bits per heavy atom. The molecule has 0 unspecified atom stereocenters. The lowest BCUT2D eigenvalue weighted by Crippen LogP contribution is -2.02. The highest BCUT2D eigenvalue weighted by Crippen LogP contribution is 2.38. The largest absolute Gasteiger partial charge is 0.474 e. The number of anilines is 3. The Bertz CT molecular complexity index is 1120. The number of fused-ring (bicyclic) bond motifs is 1. The molecular formula is C24H24N4O2. The number of aryl methyl sites for hydroxylation is 1. The van der Waals surface area contributed by atoms with Crippen molar-refractivity contribution in [3.05, 3.63) is 59.4 Å². The van der Waals surface area contributed by atoms with E-state index in [4.69, 9.17) is 4.74 Å². The van der Waals surface area contributed by atoms with Gasteiger partial charge < -0.3 is 15.4 Å². The average molecular weight is 400 g/mol. The number of rotatable bonds is 6. The summed E-state index contributed by atoms with van der Waals surface area (Å²) in [4.78, 5) is 21.3. The van der Waals surface area contributed by atoms with Crippen LogP contribution in [0.5, 0.6) is 5.88 Å². The highest BCUT2D eigenvalue weighted by molar-refractivity contribution is 6.07. The molecule has 0 atom stereocenters. The van der Waals surface area contributed by atoms with Gasteiger partial charge in [0.2, 0.25) is 5.88 Å². The molecule has 2 aliphatic carbocycles. The Balaban J connectivity index is 1.39. The van der Waals surface area contributed by atoms with Crippen LogP contribution in [0, 0.1) is 6.92 Å². The van der Waals surface area contributed by atoms with Crippen molar-refractivity contribution in [2.24, 2.45) is 0 Å². The van der Waals surface area contributed by atoms with Gasteiger partial charge in [-0.2, -0.15) is 0 Å². The second kappa shape index (κ2) is 7.44. The Morgan fingerprint density at radius 1 is 1.03 bits per heavy atom. The Hall–Kier alpha value is -3.41. The molecule has 2 aromatic heterocycles. The molecule has 5 rings (SSSR count). The predicted octanol–water partition coefficient (Wildman–Crippen LogP) is 4.91. The van der Waals surface area contributed by atoms with Gasteiger partial charge in [-0.1, -0.05) is 6.07 Å². The number of Topliss-reactive ketones (excluding diaryl/α,β-unsaturated/α-hetero) is 1. The van der Waals surface area contributed by atoms with Crippen molar-refractivity contribution in [2.45, 2.75) is 38.7 Å². The summed E-state index contributed by atoms with van der Waals surface area (Å²) in [7, 11) is 1.85. The summed E-state index contributed by atoms with van der Waals surface area (Å²) in [6, 6.07) is 9.93. The lowest BCUT2D eigenvalue weighted by molar-refractivity contribution is 0.0995. The summed E-state index contributed by atoms with van der Waals surface area (Å²) in [5.41, 5.74) is 6.97. The van der Waals surface area contributed by atoms with Crippen molar-refractivity contribution in [1.82, 2.24) is 9.97 Å². The fourth-order valence-electron chi connectivity index (χ4n) is 3.99. The van der Waals surface area contributed by atoms with E-state index in [1.165, 1.54) is 0 Å². The monoisotopic (exact) mass is 400 g/mol. The van der Waals surface area contributed by atoms with Crippen LogP contribution in [0.25, 0.3) is 11.1 Å². The molecule has 2 aliphatic rings. The number of benzene rings is 1. The SMILES string of the molecule is CNc1ccc(-c2cnc(Nc3ccc(OC4CC4)nc3)cc2C)c2c1C(=O)CC2. The van der Waals surface area contributed by atoms with Crippen molar-refractivity contribution >= 4 is 23.0 Å². The molecular weight excluding hydrogens is 376 g/mol. The van der Waals surface area contributed by atoms with E-state index in [1.807, 2.05) is 37.5 Å². The summed E-state index contributed by atoms with van der Waals surface area (Å²) in [5.74, 6) is 1.63. The number of carbonyl (C=O) groups excluding carboxylic acids is 1. The van der Waals surface area contributed by atoms with E-state index in [1.54, 1.807) is 6.20 Å². The summed E-state index contributed by atoms with van der Waals surface area (Å²) < 4.78 is 5.69. The van der Waals surface area contributed by atoms with Crippen LogP contribution < -0.4 is 15.4 Å². The van der Waals surface area contributed by atoms with Crippen LogP contribution >= 0.6 is 0 Å². The van der Waals surface area contributed by atoms with Gasteiger partial charge in [-0.15, -0.1) is 0 Å². The van der Waals surface area contributed by atoms with E-state index < -0.39 is 0 Å². The quantitative estimate of drug-likeness (QED) is 0.612. The van der Waals surface area contributed by atoms with Gasteiger partial charge in [0, 0.05) is 42.5 Å². The van der Waals surface area contributed by atoms with Gasteiger partial charge in [-0.3, -0.25) is 4.79 Å². The Morgan fingerprint density at radius 3 is 2.60 bits per heavy atom. The number of ether oxygens (including phenoxy) is 1. The second-order valence-electron chi connectivity index (χ2n) is 7.90. The highest BCUT2D eigenvalue weighted by atomic mass is 16.5. The van der Waals surface area contributed by atoms with Crippen molar-refractivity contribution in [3.8, 4) is 17.0 Å². The molecule has 0 amide bonds. The van der Waals surface area contributed by atoms with Gasteiger partial charge in [0.05, 0.1) is 11.9 Å². The molecule has 1 fully saturated rings. The lowest BCUT2D eigenvalue weighted by Gasteiger charge is -2.15. The van der Waals surface area contributed by atoms with Crippen molar-refractivity contribution in [1.29, 1.82) is 0 Å². The number of nitrogens with zero attached hydrogens (tertiary/aromatic N) is 2. The zero-order valence-corrected chi connectivity index (χ0v) is 17.2. The smallest absolute Gasteiger partial charge is 0.213 e. The zero-order valence-electron chi connectivity index (χ0n) is 17.2. The normalized spacial score (nSPS) is 15.1. The summed E-state index contributed by atoms with van der Waals surface area (Å²) in [6.07, 6.45) is 7.57. The molecule has 1 aromatic carbocycles. The molecule has 0 bridgehead atoms. The van der Waals surface area contributed by atoms with E-state index in [-0.39, 0.29) is 5.78 Å². The number of nitrogens with one attached hydrogen (secondary N) is 2. The van der Waals surface area contributed by atoms with Crippen LogP contribution in [0.15, 0.2) is 42.7 Å². The first-order valence-corrected chi connectivity index (χ1v) is 10.4. The van der Waals surface area contributed by atoms with E-state index in [9.17, 15) is 4.79 Å². The second-order valence-corrected chi connectivity index (χ2v) is 7.90. The first-order chi connectivity index (χ1) is 14.6. The van der Waals surface area contributed by atoms with Gasteiger partial charge in [-0.05, 0) is 61.1 Å². The number of ketones is 1. The Kier molecular flexibility index (Phi) is 4.62. The third-order valence-electron chi connectivity index (χ3n) is 5.68.